The minimum atomic E-state index is -0.218. The third-order valence-electron chi connectivity index (χ3n) is 3.67. The standard InChI is InChI=1S/C17H17Br2FO/c1-9-7-12(20)5-6-13(9)16(19)15-11(3)14(18)8-10(2)17(15)21-4/h5-8,16H,1-4H3. The van der Waals surface area contributed by atoms with Crippen LogP contribution in [0.25, 0.3) is 0 Å². The Bertz CT molecular complexity index is 683. The molecule has 0 saturated carbocycles. The van der Waals surface area contributed by atoms with Crippen LogP contribution < -0.4 is 4.74 Å². The molecule has 0 amide bonds. The second kappa shape index (κ2) is 6.49. The van der Waals surface area contributed by atoms with E-state index in [4.69, 9.17) is 4.74 Å². The highest BCUT2D eigenvalue weighted by atomic mass is 79.9. The summed E-state index contributed by atoms with van der Waals surface area (Å²) in [5, 5.41) is 0. The molecule has 0 N–H and O–H groups in total. The molecule has 1 unspecified atom stereocenters. The van der Waals surface area contributed by atoms with Gasteiger partial charge in [-0.25, -0.2) is 4.39 Å². The average Bonchev–Trinajstić information content (AvgIpc) is 2.41. The van der Waals surface area contributed by atoms with Gasteiger partial charge in [0.05, 0.1) is 11.9 Å². The molecule has 0 bridgehead atoms. The molecular formula is C17H17Br2FO. The molecule has 0 aliphatic carbocycles. The van der Waals surface area contributed by atoms with Crippen LogP contribution in [0, 0.1) is 26.6 Å². The van der Waals surface area contributed by atoms with Crippen LogP contribution in [0.3, 0.4) is 0 Å². The molecule has 0 aliphatic heterocycles. The van der Waals surface area contributed by atoms with E-state index in [9.17, 15) is 4.39 Å². The number of methoxy groups -OCH3 is 1. The van der Waals surface area contributed by atoms with Crippen LogP contribution in [-0.4, -0.2) is 7.11 Å². The third kappa shape index (κ3) is 3.16. The van der Waals surface area contributed by atoms with E-state index >= 15 is 0 Å². The van der Waals surface area contributed by atoms with Crippen LogP contribution in [0.15, 0.2) is 28.7 Å². The van der Waals surface area contributed by atoms with E-state index in [-0.39, 0.29) is 10.6 Å². The van der Waals surface area contributed by atoms with E-state index in [1.54, 1.807) is 13.2 Å². The molecule has 2 aromatic carbocycles. The van der Waals surface area contributed by atoms with Crippen LogP contribution in [0.4, 0.5) is 4.39 Å². The van der Waals surface area contributed by atoms with Crippen molar-refractivity contribution in [1.82, 2.24) is 0 Å². The van der Waals surface area contributed by atoms with E-state index in [0.717, 1.165) is 38.0 Å². The first-order chi connectivity index (χ1) is 9.86. The van der Waals surface area contributed by atoms with Gasteiger partial charge in [0.25, 0.3) is 0 Å². The second-order valence-electron chi connectivity index (χ2n) is 5.11. The number of aryl methyl sites for hydroxylation is 2. The minimum Gasteiger partial charge on any atom is -0.496 e. The first-order valence-corrected chi connectivity index (χ1v) is 8.31. The van der Waals surface area contributed by atoms with Crippen molar-refractivity contribution < 1.29 is 9.13 Å². The zero-order valence-corrected chi connectivity index (χ0v) is 15.6. The maximum absolute atomic E-state index is 13.3. The molecule has 0 spiro atoms. The van der Waals surface area contributed by atoms with E-state index in [1.807, 2.05) is 19.9 Å². The molecule has 0 fully saturated rings. The molecule has 0 saturated heterocycles. The topological polar surface area (TPSA) is 9.23 Å². The monoisotopic (exact) mass is 414 g/mol. The third-order valence-corrected chi connectivity index (χ3v) is 5.45. The van der Waals surface area contributed by atoms with Gasteiger partial charge in [-0.3, -0.25) is 0 Å². The zero-order chi connectivity index (χ0) is 15.7. The van der Waals surface area contributed by atoms with E-state index in [0.29, 0.717) is 0 Å². The quantitative estimate of drug-likeness (QED) is 0.558. The Morgan fingerprint density at radius 2 is 1.76 bits per heavy atom. The van der Waals surface area contributed by atoms with E-state index in [2.05, 4.69) is 44.8 Å². The van der Waals surface area contributed by atoms with Crippen LogP contribution in [-0.2, 0) is 0 Å². The number of hydrogen-bond donors (Lipinski definition) is 0. The van der Waals surface area contributed by atoms with Crippen molar-refractivity contribution in [3.8, 4) is 5.75 Å². The van der Waals surface area contributed by atoms with Gasteiger partial charge in [-0.15, -0.1) is 0 Å². The molecule has 4 heteroatoms. The first-order valence-electron chi connectivity index (χ1n) is 6.60. The van der Waals surface area contributed by atoms with Crippen molar-refractivity contribution in [3.05, 3.63) is 62.4 Å². The smallest absolute Gasteiger partial charge is 0.126 e. The molecule has 0 radical (unpaired) electrons. The first kappa shape index (κ1) is 16.5. The number of alkyl halides is 1. The van der Waals surface area contributed by atoms with E-state index in [1.165, 1.54) is 6.07 Å². The summed E-state index contributed by atoms with van der Waals surface area (Å²) in [6.45, 7) is 5.98. The second-order valence-corrected chi connectivity index (χ2v) is 6.88. The fourth-order valence-corrected chi connectivity index (χ4v) is 4.15. The summed E-state index contributed by atoms with van der Waals surface area (Å²) < 4.78 is 20.0. The number of benzene rings is 2. The normalized spacial score (nSPS) is 12.3. The number of rotatable bonds is 3. The number of halogens is 3. The summed E-state index contributed by atoms with van der Waals surface area (Å²) in [6, 6.07) is 6.91. The largest absolute Gasteiger partial charge is 0.496 e. The van der Waals surface area contributed by atoms with Gasteiger partial charge in [0.15, 0.2) is 0 Å². The highest BCUT2D eigenvalue weighted by Gasteiger charge is 2.22. The summed E-state index contributed by atoms with van der Waals surface area (Å²) in [6.07, 6.45) is 0. The highest BCUT2D eigenvalue weighted by Crippen LogP contribution is 2.43. The van der Waals surface area contributed by atoms with Gasteiger partial charge in [-0.1, -0.05) is 37.9 Å². The van der Waals surface area contributed by atoms with Crippen LogP contribution in [0.2, 0.25) is 0 Å². The van der Waals surface area contributed by atoms with Crippen molar-refractivity contribution in [3.63, 3.8) is 0 Å². The fourth-order valence-electron chi connectivity index (χ4n) is 2.53. The molecule has 0 heterocycles. The molecule has 2 rings (SSSR count). The predicted molar refractivity (Wildman–Crippen MR) is 92.1 cm³/mol. The molecule has 0 aromatic heterocycles. The van der Waals surface area contributed by atoms with Gasteiger partial charge >= 0.3 is 0 Å². The fraction of sp³-hybridized carbons (Fsp3) is 0.294. The Hall–Kier alpha value is -0.870. The number of hydrogen-bond acceptors (Lipinski definition) is 1. The lowest BCUT2D eigenvalue weighted by Crippen LogP contribution is -2.04. The van der Waals surface area contributed by atoms with E-state index < -0.39 is 0 Å². The summed E-state index contributed by atoms with van der Waals surface area (Å²) in [7, 11) is 1.68. The molecular weight excluding hydrogens is 399 g/mol. The number of ether oxygens (including phenoxy) is 1. The van der Waals surface area contributed by atoms with Crippen molar-refractivity contribution in [2.45, 2.75) is 25.6 Å². The molecule has 0 aliphatic rings. The van der Waals surface area contributed by atoms with Gasteiger partial charge in [0, 0.05) is 10.0 Å². The molecule has 1 atom stereocenters. The minimum absolute atomic E-state index is 0.0516. The summed E-state index contributed by atoms with van der Waals surface area (Å²) in [5.41, 5.74) is 5.20. The summed E-state index contributed by atoms with van der Waals surface area (Å²) >= 11 is 7.35. The van der Waals surface area contributed by atoms with Crippen LogP contribution in [0.1, 0.15) is 32.6 Å². The van der Waals surface area contributed by atoms with Gasteiger partial charge in [0.2, 0.25) is 0 Å². The Labute approximate surface area is 141 Å². The predicted octanol–water partition coefficient (Wildman–Crippen LogP) is 6.01. The maximum atomic E-state index is 13.3. The average molecular weight is 416 g/mol. The lowest BCUT2D eigenvalue weighted by Gasteiger charge is -2.21. The molecule has 1 nitrogen and oxygen atoms in total. The van der Waals surface area contributed by atoms with Crippen molar-refractivity contribution in [1.29, 1.82) is 0 Å². The Kier molecular flexibility index (Phi) is 5.10. The Balaban J connectivity index is 2.65. The zero-order valence-electron chi connectivity index (χ0n) is 12.4. The SMILES string of the molecule is COc1c(C)cc(Br)c(C)c1C(Br)c1ccc(F)cc1C. The van der Waals surface area contributed by atoms with Gasteiger partial charge in [-0.2, -0.15) is 0 Å². The van der Waals surface area contributed by atoms with Gasteiger partial charge in [0.1, 0.15) is 11.6 Å². The molecule has 21 heavy (non-hydrogen) atoms. The van der Waals surface area contributed by atoms with Gasteiger partial charge < -0.3 is 4.74 Å². The molecule has 2 aromatic rings. The van der Waals surface area contributed by atoms with Crippen LogP contribution in [0.5, 0.6) is 5.75 Å². The Morgan fingerprint density at radius 3 is 2.33 bits per heavy atom. The van der Waals surface area contributed by atoms with Crippen molar-refractivity contribution >= 4 is 31.9 Å². The molecule has 112 valence electrons. The lowest BCUT2D eigenvalue weighted by molar-refractivity contribution is 0.406. The maximum Gasteiger partial charge on any atom is 0.126 e. The summed E-state index contributed by atoms with van der Waals surface area (Å²) in [4.78, 5) is -0.0516. The van der Waals surface area contributed by atoms with Crippen molar-refractivity contribution in [2.75, 3.05) is 7.11 Å². The Morgan fingerprint density at radius 1 is 1.10 bits per heavy atom. The highest BCUT2D eigenvalue weighted by molar-refractivity contribution is 9.10. The van der Waals surface area contributed by atoms with Crippen molar-refractivity contribution in [2.24, 2.45) is 0 Å². The van der Waals surface area contributed by atoms with Crippen LogP contribution >= 0.6 is 31.9 Å². The lowest BCUT2D eigenvalue weighted by atomic mass is 9.94. The summed E-state index contributed by atoms with van der Waals surface area (Å²) in [5.74, 6) is 0.645. The van der Waals surface area contributed by atoms with Gasteiger partial charge in [-0.05, 0) is 61.2 Å².